The smallest absolute Gasteiger partial charge is 0.326 e. The molecular formula is C19H22N6O4. The molecule has 1 aliphatic heterocycles. The van der Waals surface area contributed by atoms with Crippen LogP contribution in [-0.2, 0) is 20.9 Å². The molecule has 2 atom stereocenters. The van der Waals surface area contributed by atoms with E-state index >= 15 is 0 Å². The number of esters is 1. The van der Waals surface area contributed by atoms with Crippen molar-refractivity contribution in [3.8, 4) is 5.69 Å². The molecule has 10 nitrogen and oxygen atoms in total. The van der Waals surface area contributed by atoms with Crippen molar-refractivity contribution in [2.75, 3.05) is 6.54 Å². The number of tetrazole rings is 1. The number of carbonyl (C=O) groups is 3. The first kappa shape index (κ1) is 19.0. The van der Waals surface area contributed by atoms with Crippen molar-refractivity contribution in [2.24, 2.45) is 5.92 Å². The fourth-order valence-electron chi connectivity index (χ4n) is 4.02. The van der Waals surface area contributed by atoms with Gasteiger partial charge >= 0.3 is 12.0 Å². The molecule has 1 saturated carbocycles. The SMILES string of the molecule is C[C@@H]1CCCC[C@]12NC(=O)N(CC(=O)OCc1nnnn1-c1ccccc1)C2=O. The first-order chi connectivity index (χ1) is 14.0. The van der Waals surface area contributed by atoms with Gasteiger partial charge in [0, 0.05) is 0 Å². The number of urea groups is 1. The summed E-state index contributed by atoms with van der Waals surface area (Å²) in [6.45, 7) is 1.35. The highest BCUT2D eigenvalue weighted by Gasteiger charge is 2.55. The van der Waals surface area contributed by atoms with E-state index in [2.05, 4.69) is 20.8 Å². The first-order valence-corrected chi connectivity index (χ1v) is 9.64. The summed E-state index contributed by atoms with van der Waals surface area (Å²) in [5.41, 5.74) is -0.168. The van der Waals surface area contributed by atoms with E-state index in [-0.39, 0.29) is 18.4 Å². The molecule has 1 N–H and O–H groups in total. The van der Waals surface area contributed by atoms with Crippen LogP contribution in [0.15, 0.2) is 30.3 Å². The molecule has 3 amide bonds. The van der Waals surface area contributed by atoms with Gasteiger partial charge in [0.1, 0.15) is 12.1 Å². The Hall–Kier alpha value is -3.30. The second-order valence-electron chi connectivity index (χ2n) is 7.44. The maximum Gasteiger partial charge on any atom is 0.326 e. The molecule has 2 aliphatic rings. The zero-order valence-corrected chi connectivity index (χ0v) is 16.1. The van der Waals surface area contributed by atoms with Gasteiger partial charge in [-0.2, -0.15) is 4.68 Å². The molecule has 1 aliphatic carbocycles. The molecule has 10 heteroatoms. The van der Waals surface area contributed by atoms with Crippen molar-refractivity contribution < 1.29 is 19.1 Å². The van der Waals surface area contributed by atoms with E-state index in [9.17, 15) is 14.4 Å². The van der Waals surface area contributed by atoms with Crippen LogP contribution in [0.25, 0.3) is 5.69 Å². The van der Waals surface area contributed by atoms with E-state index in [0.717, 1.165) is 29.8 Å². The quantitative estimate of drug-likeness (QED) is 0.594. The van der Waals surface area contributed by atoms with Crippen molar-refractivity contribution in [3.63, 3.8) is 0 Å². The number of ether oxygens (including phenoxy) is 1. The molecule has 152 valence electrons. The number of nitrogens with zero attached hydrogens (tertiary/aromatic N) is 5. The van der Waals surface area contributed by atoms with E-state index in [1.54, 1.807) is 0 Å². The summed E-state index contributed by atoms with van der Waals surface area (Å²) in [5, 5.41) is 14.2. The Bertz CT molecular complexity index is 930. The average molecular weight is 398 g/mol. The van der Waals surface area contributed by atoms with Gasteiger partial charge in [0.25, 0.3) is 5.91 Å². The van der Waals surface area contributed by atoms with Gasteiger partial charge in [-0.15, -0.1) is 5.10 Å². The van der Waals surface area contributed by atoms with Crippen molar-refractivity contribution in [1.82, 2.24) is 30.4 Å². The van der Waals surface area contributed by atoms with Crippen LogP contribution < -0.4 is 5.32 Å². The van der Waals surface area contributed by atoms with Crippen molar-refractivity contribution in [3.05, 3.63) is 36.2 Å². The highest BCUT2D eigenvalue weighted by Crippen LogP contribution is 2.38. The lowest BCUT2D eigenvalue weighted by atomic mass is 9.73. The van der Waals surface area contributed by atoms with Gasteiger partial charge in [-0.3, -0.25) is 14.5 Å². The predicted molar refractivity (Wildman–Crippen MR) is 99.6 cm³/mol. The molecule has 1 spiro atoms. The second kappa shape index (κ2) is 7.61. The maximum atomic E-state index is 12.9. The number of hydrogen-bond donors (Lipinski definition) is 1. The minimum atomic E-state index is -0.896. The van der Waals surface area contributed by atoms with Crippen LogP contribution in [-0.4, -0.2) is 55.1 Å². The van der Waals surface area contributed by atoms with Gasteiger partial charge in [0.2, 0.25) is 0 Å². The lowest BCUT2D eigenvalue weighted by molar-refractivity contribution is -0.149. The largest absolute Gasteiger partial charge is 0.456 e. The summed E-state index contributed by atoms with van der Waals surface area (Å²) >= 11 is 0. The number of benzene rings is 1. The average Bonchev–Trinajstić information content (AvgIpc) is 3.29. The van der Waals surface area contributed by atoms with Crippen LogP contribution in [0, 0.1) is 5.92 Å². The zero-order valence-electron chi connectivity index (χ0n) is 16.1. The van der Waals surface area contributed by atoms with Gasteiger partial charge in [-0.05, 0) is 41.3 Å². The number of hydrogen-bond acceptors (Lipinski definition) is 7. The van der Waals surface area contributed by atoms with E-state index < -0.39 is 24.1 Å². The minimum absolute atomic E-state index is 0.0317. The summed E-state index contributed by atoms with van der Waals surface area (Å²) in [7, 11) is 0. The van der Waals surface area contributed by atoms with Gasteiger partial charge in [0.05, 0.1) is 5.69 Å². The number of amides is 3. The molecule has 1 saturated heterocycles. The minimum Gasteiger partial charge on any atom is -0.456 e. The topological polar surface area (TPSA) is 119 Å². The van der Waals surface area contributed by atoms with E-state index in [1.807, 2.05) is 37.3 Å². The Morgan fingerprint density at radius 1 is 1.28 bits per heavy atom. The van der Waals surface area contributed by atoms with Crippen molar-refractivity contribution >= 4 is 17.9 Å². The monoisotopic (exact) mass is 398 g/mol. The van der Waals surface area contributed by atoms with Crippen molar-refractivity contribution in [1.29, 1.82) is 0 Å². The Morgan fingerprint density at radius 2 is 2.07 bits per heavy atom. The van der Waals surface area contributed by atoms with Crippen LogP contribution >= 0.6 is 0 Å². The third-order valence-corrected chi connectivity index (χ3v) is 5.69. The molecule has 1 aromatic carbocycles. The number of rotatable bonds is 5. The van der Waals surface area contributed by atoms with Crippen LogP contribution in [0.3, 0.4) is 0 Å². The van der Waals surface area contributed by atoms with Gasteiger partial charge in [-0.1, -0.05) is 38.0 Å². The molecule has 2 aromatic rings. The van der Waals surface area contributed by atoms with Crippen molar-refractivity contribution in [2.45, 2.75) is 44.8 Å². The van der Waals surface area contributed by atoms with E-state index in [4.69, 9.17) is 4.74 Å². The van der Waals surface area contributed by atoms with Gasteiger partial charge < -0.3 is 10.1 Å². The first-order valence-electron chi connectivity index (χ1n) is 9.64. The summed E-state index contributed by atoms with van der Waals surface area (Å²) in [4.78, 5) is 38.5. The fraction of sp³-hybridized carbons (Fsp3) is 0.474. The van der Waals surface area contributed by atoms with Crippen LogP contribution in [0.2, 0.25) is 0 Å². The summed E-state index contributed by atoms with van der Waals surface area (Å²) in [5.74, 6) is -0.680. The highest BCUT2D eigenvalue weighted by atomic mass is 16.5. The van der Waals surface area contributed by atoms with E-state index in [1.165, 1.54) is 4.68 Å². The normalized spacial score (nSPS) is 24.0. The molecule has 0 bridgehead atoms. The number of aromatic nitrogens is 4. The van der Waals surface area contributed by atoms with Crippen LogP contribution in [0.4, 0.5) is 4.79 Å². The molecular weight excluding hydrogens is 376 g/mol. The van der Waals surface area contributed by atoms with Crippen LogP contribution in [0.5, 0.6) is 0 Å². The number of para-hydroxylation sites is 1. The summed E-state index contributed by atoms with van der Waals surface area (Å²) in [6, 6.07) is 8.64. The zero-order chi connectivity index (χ0) is 20.4. The molecule has 4 rings (SSSR count). The molecule has 1 aromatic heterocycles. The Morgan fingerprint density at radius 3 is 2.83 bits per heavy atom. The Labute approximate surface area is 167 Å². The third-order valence-electron chi connectivity index (χ3n) is 5.69. The second-order valence-corrected chi connectivity index (χ2v) is 7.44. The Kier molecular flexibility index (Phi) is 4.99. The fourth-order valence-corrected chi connectivity index (χ4v) is 4.02. The molecule has 2 heterocycles. The molecule has 29 heavy (non-hydrogen) atoms. The number of nitrogens with one attached hydrogen (secondary N) is 1. The van der Waals surface area contributed by atoms with E-state index in [0.29, 0.717) is 12.2 Å². The molecule has 2 fully saturated rings. The lowest BCUT2D eigenvalue weighted by Gasteiger charge is -2.36. The van der Waals surface area contributed by atoms with Gasteiger partial charge in [-0.25, -0.2) is 4.79 Å². The molecule has 0 unspecified atom stereocenters. The third kappa shape index (κ3) is 3.45. The predicted octanol–water partition coefficient (Wildman–Crippen LogP) is 1.21. The summed E-state index contributed by atoms with van der Waals surface area (Å²) < 4.78 is 6.69. The van der Waals surface area contributed by atoms with Crippen LogP contribution in [0.1, 0.15) is 38.4 Å². The summed E-state index contributed by atoms with van der Waals surface area (Å²) in [6.07, 6.45) is 3.36. The standard InChI is InChI=1S/C19H22N6O4/c1-13-7-5-6-10-19(13)17(27)24(18(28)20-19)11-16(26)29-12-15-21-22-23-25(15)14-8-3-2-4-9-14/h2-4,8-9,13H,5-7,10-12H2,1H3,(H,20,28)/t13-,19+/m1/s1. The maximum absolute atomic E-state index is 12.9. The van der Waals surface area contributed by atoms with Gasteiger partial charge in [0.15, 0.2) is 12.4 Å². The number of carbonyl (C=O) groups excluding carboxylic acids is 3. The lowest BCUT2D eigenvalue weighted by Crippen LogP contribution is -2.54. The Balaban J connectivity index is 1.39. The molecule has 0 radical (unpaired) electrons. The highest BCUT2D eigenvalue weighted by molar-refractivity contribution is 6.08. The number of imide groups is 1.